The largest absolute Gasteiger partial charge is 0.444 e. The maximum atomic E-state index is 13.4. The van der Waals surface area contributed by atoms with Crippen LogP contribution in [0.4, 0.5) is 4.79 Å². The van der Waals surface area contributed by atoms with Gasteiger partial charge < -0.3 is 20.1 Å². The molecule has 2 saturated carbocycles. The van der Waals surface area contributed by atoms with E-state index < -0.39 is 17.7 Å². The molecular weight excluding hydrogens is 344 g/mol. The van der Waals surface area contributed by atoms with Crippen LogP contribution < -0.4 is 5.32 Å². The molecule has 1 heterocycles. The summed E-state index contributed by atoms with van der Waals surface area (Å²) < 4.78 is 5.42. The molecule has 154 valence electrons. The third kappa shape index (κ3) is 4.10. The molecule has 0 radical (unpaired) electrons. The van der Waals surface area contributed by atoms with Gasteiger partial charge in [-0.1, -0.05) is 33.1 Å². The van der Waals surface area contributed by atoms with Crippen molar-refractivity contribution in [3.05, 3.63) is 0 Å². The second kappa shape index (κ2) is 7.26. The molecule has 0 spiro atoms. The summed E-state index contributed by atoms with van der Waals surface area (Å²) in [6.45, 7) is 10.6. The summed E-state index contributed by atoms with van der Waals surface area (Å²) in [6, 6.07) is -0.696. The first-order chi connectivity index (χ1) is 12.6. The van der Waals surface area contributed by atoms with Gasteiger partial charge in [0.15, 0.2) is 0 Å². The van der Waals surface area contributed by atoms with Crippen LogP contribution in [0.15, 0.2) is 0 Å². The number of ether oxygens (including phenoxy) is 1. The zero-order chi connectivity index (χ0) is 20.0. The highest BCUT2D eigenvalue weighted by molar-refractivity contribution is 5.87. The molecule has 2 amide bonds. The van der Waals surface area contributed by atoms with Crippen LogP contribution in [0.2, 0.25) is 0 Å². The predicted molar refractivity (Wildman–Crippen MR) is 103 cm³/mol. The molecule has 4 atom stereocenters. The summed E-state index contributed by atoms with van der Waals surface area (Å²) in [6.07, 6.45) is 4.73. The maximum absolute atomic E-state index is 13.4. The number of fused-ring (bicyclic) bond motifs is 1. The molecule has 3 aliphatic rings. The number of carbonyl (C=O) groups excluding carboxylic acids is 2. The lowest BCUT2D eigenvalue weighted by atomic mass is 9.83. The molecule has 27 heavy (non-hydrogen) atoms. The normalized spacial score (nSPS) is 31.2. The van der Waals surface area contributed by atoms with Crippen molar-refractivity contribution in [1.82, 2.24) is 10.2 Å². The standard InChI is InChI=1S/C21H36N2O4/c1-20(2,3)27-19(26)22-17(13-9-7-6-8-10-13)18(25)23-11-14-16(15(23)12-24)21(14,4)5/h13-17,24H,6-12H2,1-5H3,(H,22,26)/t14-,15+,16?,17-/m0/s1. The van der Waals surface area contributed by atoms with Crippen molar-refractivity contribution in [2.45, 2.75) is 84.4 Å². The molecule has 0 aromatic carbocycles. The first kappa shape index (κ1) is 20.4. The fraction of sp³-hybridized carbons (Fsp3) is 0.905. The van der Waals surface area contributed by atoms with Gasteiger partial charge >= 0.3 is 6.09 Å². The Bertz CT molecular complexity index is 577. The van der Waals surface area contributed by atoms with Crippen molar-refractivity contribution in [3.8, 4) is 0 Å². The first-order valence-corrected chi connectivity index (χ1v) is 10.5. The van der Waals surface area contributed by atoms with Crippen molar-refractivity contribution in [2.24, 2.45) is 23.2 Å². The number of rotatable bonds is 4. The summed E-state index contributed by atoms with van der Waals surface area (Å²) in [5, 5.41) is 12.8. The van der Waals surface area contributed by atoms with Crippen molar-refractivity contribution < 1.29 is 19.4 Å². The van der Waals surface area contributed by atoms with Gasteiger partial charge in [0, 0.05) is 6.54 Å². The molecule has 0 bridgehead atoms. The number of aliphatic hydroxyl groups is 1. The number of piperidine rings is 1. The van der Waals surface area contributed by atoms with Crippen LogP contribution in [0.3, 0.4) is 0 Å². The predicted octanol–water partition coefficient (Wildman–Crippen LogP) is 2.94. The SMILES string of the molecule is CC(C)(C)OC(=O)N[C@H](C(=O)N1C[C@H]2C([C@H]1CO)C2(C)C)C1CCCCC1. The van der Waals surface area contributed by atoms with E-state index in [2.05, 4.69) is 19.2 Å². The average molecular weight is 381 g/mol. The van der Waals surface area contributed by atoms with Crippen molar-refractivity contribution in [1.29, 1.82) is 0 Å². The summed E-state index contributed by atoms with van der Waals surface area (Å²) in [5.74, 6) is 0.907. The highest BCUT2D eigenvalue weighted by Crippen LogP contribution is 2.64. The van der Waals surface area contributed by atoms with Gasteiger partial charge in [-0.3, -0.25) is 4.79 Å². The zero-order valence-electron chi connectivity index (χ0n) is 17.5. The number of carbonyl (C=O) groups is 2. The molecule has 0 aromatic heterocycles. The molecule has 3 rings (SSSR count). The Morgan fingerprint density at radius 1 is 1.22 bits per heavy atom. The van der Waals surface area contributed by atoms with E-state index in [1.807, 2.05) is 25.7 Å². The Labute approximate surface area is 163 Å². The summed E-state index contributed by atoms with van der Waals surface area (Å²) in [7, 11) is 0. The van der Waals surface area contributed by atoms with E-state index in [1.54, 1.807) is 0 Å². The molecule has 6 heteroatoms. The van der Waals surface area contributed by atoms with Crippen LogP contribution in [0.25, 0.3) is 0 Å². The molecule has 6 nitrogen and oxygen atoms in total. The highest BCUT2D eigenvalue weighted by atomic mass is 16.6. The second-order valence-electron chi connectivity index (χ2n) is 10.2. The van der Waals surface area contributed by atoms with E-state index in [9.17, 15) is 14.7 Å². The number of hydrogen-bond donors (Lipinski definition) is 2. The number of alkyl carbamates (subject to hydrolysis) is 1. The quantitative estimate of drug-likeness (QED) is 0.786. The molecule has 2 aliphatic carbocycles. The van der Waals surface area contributed by atoms with Crippen LogP contribution in [0.5, 0.6) is 0 Å². The number of hydrogen-bond acceptors (Lipinski definition) is 4. The molecule has 1 saturated heterocycles. The van der Waals surface area contributed by atoms with Gasteiger partial charge in [-0.25, -0.2) is 4.79 Å². The number of aliphatic hydroxyl groups excluding tert-OH is 1. The van der Waals surface area contributed by atoms with Crippen LogP contribution in [0.1, 0.15) is 66.7 Å². The van der Waals surface area contributed by atoms with Gasteiger partial charge in [0.05, 0.1) is 12.6 Å². The van der Waals surface area contributed by atoms with Crippen molar-refractivity contribution >= 4 is 12.0 Å². The van der Waals surface area contributed by atoms with Crippen molar-refractivity contribution in [2.75, 3.05) is 13.2 Å². The van der Waals surface area contributed by atoms with Crippen LogP contribution in [0, 0.1) is 23.2 Å². The number of nitrogens with one attached hydrogen (secondary N) is 1. The Hall–Kier alpha value is -1.30. The number of amides is 2. The van der Waals surface area contributed by atoms with Gasteiger partial charge in [-0.2, -0.15) is 0 Å². The van der Waals surface area contributed by atoms with Gasteiger partial charge in [0.1, 0.15) is 11.6 Å². The van der Waals surface area contributed by atoms with E-state index in [0.717, 1.165) is 25.7 Å². The third-order valence-corrected chi connectivity index (χ3v) is 6.88. The van der Waals surface area contributed by atoms with E-state index in [4.69, 9.17) is 4.74 Å². The van der Waals surface area contributed by atoms with Crippen LogP contribution >= 0.6 is 0 Å². The summed E-state index contributed by atoms with van der Waals surface area (Å²) >= 11 is 0. The Kier molecular flexibility index (Phi) is 5.50. The average Bonchev–Trinajstić information content (AvgIpc) is 2.94. The lowest BCUT2D eigenvalue weighted by Crippen LogP contribution is -2.56. The van der Waals surface area contributed by atoms with E-state index >= 15 is 0 Å². The summed E-state index contributed by atoms with van der Waals surface area (Å²) in [5.41, 5.74) is -0.402. The Balaban J connectivity index is 1.74. The smallest absolute Gasteiger partial charge is 0.408 e. The Morgan fingerprint density at radius 2 is 1.85 bits per heavy atom. The minimum Gasteiger partial charge on any atom is -0.444 e. The van der Waals surface area contributed by atoms with E-state index in [1.165, 1.54) is 6.42 Å². The first-order valence-electron chi connectivity index (χ1n) is 10.5. The molecular formula is C21H36N2O4. The maximum Gasteiger partial charge on any atom is 0.408 e. The lowest BCUT2D eigenvalue weighted by molar-refractivity contribution is -0.138. The van der Waals surface area contributed by atoms with Gasteiger partial charge in [-0.15, -0.1) is 0 Å². The van der Waals surface area contributed by atoms with Gasteiger partial charge in [-0.05, 0) is 56.8 Å². The molecule has 1 aliphatic heterocycles. The minimum atomic E-state index is -0.600. The van der Waals surface area contributed by atoms with Crippen LogP contribution in [-0.4, -0.2) is 52.8 Å². The molecule has 3 fully saturated rings. The topological polar surface area (TPSA) is 78.9 Å². The lowest BCUT2D eigenvalue weighted by Gasteiger charge is -2.37. The molecule has 0 aromatic rings. The number of likely N-dealkylation sites (tertiary alicyclic amines) is 1. The molecule has 1 unspecified atom stereocenters. The van der Waals surface area contributed by atoms with E-state index in [-0.39, 0.29) is 29.9 Å². The Morgan fingerprint density at radius 3 is 2.41 bits per heavy atom. The second-order valence-corrected chi connectivity index (χ2v) is 10.2. The van der Waals surface area contributed by atoms with E-state index in [0.29, 0.717) is 18.4 Å². The fourth-order valence-electron chi connectivity index (χ4n) is 5.37. The highest BCUT2D eigenvalue weighted by Gasteiger charge is 2.67. The number of nitrogens with zero attached hydrogens (tertiary/aromatic N) is 1. The minimum absolute atomic E-state index is 0.0137. The van der Waals surface area contributed by atoms with Crippen molar-refractivity contribution in [3.63, 3.8) is 0 Å². The summed E-state index contributed by atoms with van der Waals surface area (Å²) in [4.78, 5) is 27.7. The van der Waals surface area contributed by atoms with Crippen LogP contribution in [-0.2, 0) is 9.53 Å². The van der Waals surface area contributed by atoms with Gasteiger partial charge in [0.25, 0.3) is 0 Å². The fourth-order valence-corrected chi connectivity index (χ4v) is 5.37. The monoisotopic (exact) mass is 380 g/mol. The zero-order valence-corrected chi connectivity index (χ0v) is 17.5. The molecule has 2 N–H and O–H groups in total. The third-order valence-electron chi connectivity index (χ3n) is 6.88. The van der Waals surface area contributed by atoms with Gasteiger partial charge in [0.2, 0.25) is 5.91 Å².